The Kier molecular flexibility index (Phi) is 6.50. The van der Waals surface area contributed by atoms with Crippen LogP contribution in [0.25, 0.3) is 59.8 Å². The number of hydrogen-bond donors (Lipinski definition) is 0. The highest BCUT2D eigenvalue weighted by Crippen LogP contribution is 2.46. The van der Waals surface area contributed by atoms with Crippen LogP contribution in [-0.2, 0) is 0 Å². The molecule has 0 aliphatic carbocycles. The van der Waals surface area contributed by atoms with Crippen molar-refractivity contribution in [3.8, 4) is 17.4 Å². The molecule has 0 aliphatic rings. The third-order valence-electron chi connectivity index (χ3n) is 9.31. The van der Waals surface area contributed by atoms with Gasteiger partial charge in [0.2, 0.25) is 0 Å². The van der Waals surface area contributed by atoms with Crippen molar-refractivity contribution in [2.24, 2.45) is 0 Å². The van der Waals surface area contributed by atoms with E-state index in [0.29, 0.717) is 11.3 Å². The van der Waals surface area contributed by atoms with Crippen LogP contribution in [-0.4, -0.2) is 9.13 Å². The standard InChI is InChI=1S/C44H27N5/c1-46-31-26-30(29-45)44(49-40-22-12-8-18-35(40)36-19-9-13-23-41(36)49)43(27-31)47(32-14-4-2-5-15-32)34-24-25-42-38(28-34)37-20-10-11-21-39(37)48(42)33-16-6-3-7-17-33/h2-28H. The minimum atomic E-state index is 0.402. The molecule has 0 fully saturated rings. The molecule has 5 heteroatoms. The van der Waals surface area contributed by atoms with E-state index in [1.54, 1.807) is 6.07 Å². The predicted molar refractivity (Wildman–Crippen MR) is 201 cm³/mol. The molecule has 5 nitrogen and oxygen atoms in total. The van der Waals surface area contributed by atoms with Crippen LogP contribution in [0, 0.1) is 17.9 Å². The molecule has 9 rings (SSSR count). The van der Waals surface area contributed by atoms with Gasteiger partial charge in [0.25, 0.3) is 0 Å². The molecular formula is C44H27N5. The Bertz CT molecular complexity index is 2740. The van der Waals surface area contributed by atoms with Crippen molar-refractivity contribution in [1.82, 2.24) is 9.13 Å². The average Bonchev–Trinajstić information content (AvgIpc) is 3.68. The number of hydrogen-bond acceptors (Lipinski definition) is 2. The van der Waals surface area contributed by atoms with E-state index >= 15 is 0 Å². The molecule has 7 aromatic carbocycles. The first-order valence-electron chi connectivity index (χ1n) is 16.1. The second-order valence-electron chi connectivity index (χ2n) is 12.0. The van der Waals surface area contributed by atoms with Gasteiger partial charge in [-0.2, -0.15) is 5.26 Å². The Balaban J connectivity index is 1.39. The van der Waals surface area contributed by atoms with Crippen LogP contribution >= 0.6 is 0 Å². The fourth-order valence-electron chi connectivity index (χ4n) is 7.28. The Labute approximate surface area is 283 Å². The number of anilines is 3. The molecule has 0 spiro atoms. The summed E-state index contributed by atoms with van der Waals surface area (Å²) in [7, 11) is 0. The van der Waals surface area contributed by atoms with Gasteiger partial charge in [-0.3, -0.25) is 0 Å². The van der Waals surface area contributed by atoms with Gasteiger partial charge in [-0.05, 0) is 72.8 Å². The average molecular weight is 626 g/mol. The van der Waals surface area contributed by atoms with E-state index in [0.717, 1.165) is 72.0 Å². The number of benzene rings is 7. The van der Waals surface area contributed by atoms with Crippen LogP contribution in [0.5, 0.6) is 0 Å². The summed E-state index contributed by atoms with van der Waals surface area (Å²) in [4.78, 5) is 6.03. The van der Waals surface area contributed by atoms with Crippen molar-refractivity contribution >= 4 is 66.4 Å². The van der Waals surface area contributed by atoms with Crippen molar-refractivity contribution in [1.29, 1.82) is 5.26 Å². The third kappa shape index (κ3) is 4.38. The number of nitrogens with zero attached hydrogens (tertiary/aromatic N) is 5. The summed E-state index contributed by atoms with van der Waals surface area (Å²) >= 11 is 0. The van der Waals surface area contributed by atoms with Crippen LogP contribution in [0.3, 0.4) is 0 Å². The lowest BCUT2D eigenvalue weighted by atomic mass is 10.1. The molecule has 0 unspecified atom stereocenters. The Morgan fingerprint density at radius 1 is 0.510 bits per heavy atom. The number of fused-ring (bicyclic) bond motifs is 6. The van der Waals surface area contributed by atoms with Gasteiger partial charge in [0.05, 0.1) is 45.6 Å². The molecule has 0 saturated carbocycles. The normalized spacial score (nSPS) is 11.2. The molecule has 228 valence electrons. The molecule has 0 bridgehead atoms. The first-order chi connectivity index (χ1) is 24.2. The molecule has 0 saturated heterocycles. The molecule has 0 amide bonds. The van der Waals surface area contributed by atoms with Gasteiger partial charge in [-0.1, -0.05) is 91.0 Å². The van der Waals surface area contributed by atoms with Gasteiger partial charge in [0.15, 0.2) is 5.69 Å². The molecule has 49 heavy (non-hydrogen) atoms. The maximum absolute atomic E-state index is 10.7. The van der Waals surface area contributed by atoms with Crippen molar-refractivity contribution in [2.45, 2.75) is 0 Å². The van der Waals surface area contributed by atoms with E-state index in [2.05, 4.69) is 128 Å². The Morgan fingerprint density at radius 3 is 1.65 bits per heavy atom. The minimum Gasteiger partial charge on any atom is -0.310 e. The van der Waals surface area contributed by atoms with Crippen molar-refractivity contribution in [2.75, 3.05) is 4.90 Å². The number of nitriles is 1. The van der Waals surface area contributed by atoms with Crippen LogP contribution < -0.4 is 4.90 Å². The second-order valence-corrected chi connectivity index (χ2v) is 12.0. The topological polar surface area (TPSA) is 41.2 Å². The minimum absolute atomic E-state index is 0.402. The first-order valence-corrected chi connectivity index (χ1v) is 16.1. The molecule has 0 aliphatic heterocycles. The number of para-hydroxylation sites is 5. The Hall–Kier alpha value is -7.08. The maximum atomic E-state index is 10.7. The van der Waals surface area contributed by atoms with Gasteiger partial charge in [-0.15, -0.1) is 0 Å². The van der Waals surface area contributed by atoms with E-state index in [9.17, 15) is 5.26 Å². The molecule has 0 N–H and O–H groups in total. The summed E-state index contributed by atoms with van der Waals surface area (Å²) in [5, 5.41) is 15.2. The van der Waals surface area contributed by atoms with Gasteiger partial charge in [0.1, 0.15) is 6.07 Å². The van der Waals surface area contributed by atoms with E-state index < -0.39 is 0 Å². The zero-order valence-electron chi connectivity index (χ0n) is 26.3. The summed E-state index contributed by atoms with van der Waals surface area (Å²) < 4.78 is 4.49. The van der Waals surface area contributed by atoms with Crippen LogP contribution in [0.1, 0.15) is 5.56 Å². The largest absolute Gasteiger partial charge is 0.310 e. The quantitative estimate of drug-likeness (QED) is 0.179. The van der Waals surface area contributed by atoms with Crippen LogP contribution in [0.2, 0.25) is 0 Å². The molecular weight excluding hydrogens is 599 g/mol. The van der Waals surface area contributed by atoms with Crippen molar-refractivity contribution in [3.05, 3.63) is 181 Å². The summed E-state index contributed by atoms with van der Waals surface area (Å²) in [5.41, 5.74) is 9.44. The zero-order chi connectivity index (χ0) is 32.9. The van der Waals surface area contributed by atoms with Crippen LogP contribution in [0.4, 0.5) is 22.7 Å². The molecule has 9 aromatic rings. The SMILES string of the molecule is [C-]#[N+]c1cc(C#N)c(-n2c3ccccc3c3ccccc32)c(N(c2ccccc2)c2ccc3c(c2)c2ccccc2n3-c2ccccc2)c1. The number of aromatic nitrogens is 2. The highest BCUT2D eigenvalue weighted by molar-refractivity contribution is 6.12. The van der Waals surface area contributed by atoms with Crippen molar-refractivity contribution in [3.63, 3.8) is 0 Å². The molecule has 0 atom stereocenters. The van der Waals surface area contributed by atoms with Gasteiger partial charge in [-0.25, -0.2) is 4.85 Å². The van der Waals surface area contributed by atoms with E-state index in [-0.39, 0.29) is 0 Å². The maximum Gasteiger partial charge on any atom is 0.190 e. The summed E-state index contributed by atoms with van der Waals surface area (Å²) in [5.74, 6) is 0. The lowest BCUT2D eigenvalue weighted by Crippen LogP contribution is -2.14. The fraction of sp³-hybridized carbons (Fsp3) is 0. The predicted octanol–water partition coefficient (Wildman–Crippen LogP) is 11.8. The highest BCUT2D eigenvalue weighted by Gasteiger charge is 2.25. The first kappa shape index (κ1) is 28.2. The Morgan fingerprint density at radius 2 is 1.04 bits per heavy atom. The van der Waals surface area contributed by atoms with Crippen LogP contribution in [0.15, 0.2) is 164 Å². The molecule has 0 radical (unpaired) electrons. The van der Waals surface area contributed by atoms with E-state index in [1.165, 1.54) is 0 Å². The molecule has 2 aromatic heterocycles. The summed E-state index contributed by atoms with van der Waals surface area (Å²) in [6.45, 7) is 8.04. The summed E-state index contributed by atoms with van der Waals surface area (Å²) in [6, 6.07) is 58.3. The third-order valence-corrected chi connectivity index (χ3v) is 9.31. The van der Waals surface area contributed by atoms with Gasteiger partial charge < -0.3 is 14.0 Å². The fourth-order valence-corrected chi connectivity index (χ4v) is 7.28. The second kappa shape index (κ2) is 11.3. The smallest absolute Gasteiger partial charge is 0.190 e. The highest BCUT2D eigenvalue weighted by atomic mass is 15.2. The summed E-state index contributed by atoms with van der Waals surface area (Å²) in [6.07, 6.45) is 0. The lowest BCUT2D eigenvalue weighted by molar-refractivity contribution is 1.14. The van der Waals surface area contributed by atoms with Gasteiger partial charge >= 0.3 is 0 Å². The van der Waals surface area contributed by atoms with E-state index in [1.807, 2.05) is 54.6 Å². The van der Waals surface area contributed by atoms with Gasteiger partial charge in [0, 0.05) is 38.6 Å². The zero-order valence-corrected chi connectivity index (χ0v) is 26.3. The number of rotatable bonds is 5. The van der Waals surface area contributed by atoms with E-state index in [4.69, 9.17) is 6.57 Å². The monoisotopic (exact) mass is 625 g/mol. The van der Waals surface area contributed by atoms with Crippen molar-refractivity contribution < 1.29 is 0 Å². The lowest BCUT2D eigenvalue weighted by Gasteiger charge is -2.29. The molecule has 2 heterocycles.